The minimum absolute atomic E-state index is 0.118. The fourth-order valence-electron chi connectivity index (χ4n) is 2.97. The highest BCUT2D eigenvalue weighted by atomic mass is 32.1. The Labute approximate surface area is 167 Å². The first kappa shape index (κ1) is 18.6. The summed E-state index contributed by atoms with van der Waals surface area (Å²) in [6.45, 7) is 1.93. The molecule has 0 bridgehead atoms. The first-order valence-corrected chi connectivity index (χ1v) is 9.34. The van der Waals surface area contributed by atoms with E-state index < -0.39 is 15.8 Å². The Morgan fingerprint density at radius 1 is 1.07 bits per heavy atom. The minimum atomic E-state index is -0.661. The van der Waals surface area contributed by atoms with Crippen LogP contribution in [0.15, 0.2) is 69.9 Å². The van der Waals surface area contributed by atoms with Crippen LogP contribution in [0.5, 0.6) is 5.75 Å². The SMILES string of the molecule is Cc1ccccc1-c1cc(OC(=O)c2ccc([N+](=O)[O-])cc2)cc2sc(=O)oc12. The van der Waals surface area contributed by atoms with E-state index in [0.717, 1.165) is 22.5 Å². The molecule has 0 aliphatic heterocycles. The van der Waals surface area contributed by atoms with Gasteiger partial charge in [-0.15, -0.1) is 0 Å². The molecule has 4 rings (SSSR count). The van der Waals surface area contributed by atoms with Crippen LogP contribution < -0.4 is 9.68 Å². The predicted octanol–water partition coefficient (Wildman–Crippen LogP) is 4.96. The fraction of sp³-hybridized carbons (Fsp3) is 0.0476. The van der Waals surface area contributed by atoms with E-state index in [1.807, 2.05) is 31.2 Å². The Morgan fingerprint density at radius 2 is 1.79 bits per heavy atom. The van der Waals surface area contributed by atoms with E-state index in [9.17, 15) is 19.7 Å². The fourth-order valence-corrected chi connectivity index (χ4v) is 3.70. The van der Waals surface area contributed by atoms with Crippen LogP contribution in [0.1, 0.15) is 15.9 Å². The van der Waals surface area contributed by atoms with Gasteiger partial charge in [-0.2, -0.15) is 0 Å². The van der Waals surface area contributed by atoms with Gasteiger partial charge in [-0.1, -0.05) is 35.6 Å². The molecule has 0 unspecified atom stereocenters. The molecule has 0 N–H and O–H groups in total. The molecule has 7 nitrogen and oxygen atoms in total. The van der Waals surface area contributed by atoms with Crippen LogP contribution in [0.2, 0.25) is 0 Å². The summed E-state index contributed by atoms with van der Waals surface area (Å²) in [5.74, 6) is -0.415. The van der Waals surface area contributed by atoms with Gasteiger partial charge in [-0.05, 0) is 36.2 Å². The zero-order chi connectivity index (χ0) is 20.5. The standard InChI is InChI=1S/C21H13NO6S/c1-12-4-2-3-5-16(12)17-10-15(11-18-19(17)28-21(24)29-18)27-20(23)13-6-8-14(9-7-13)22(25)26/h2-11H,1H3. The average molecular weight is 407 g/mol. The van der Waals surface area contributed by atoms with Gasteiger partial charge in [-0.3, -0.25) is 10.1 Å². The van der Waals surface area contributed by atoms with Gasteiger partial charge in [0.05, 0.1) is 15.2 Å². The molecule has 0 aliphatic carbocycles. The van der Waals surface area contributed by atoms with Gasteiger partial charge < -0.3 is 9.15 Å². The third kappa shape index (κ3) is 3.65. The van der Waals surface area contributed by atoms with Gasteiger partial charge in [0.2, 0.25) is 0 Å². The van der Waals surface area contributed by atoms with E-state index in [-0.39, 0.29) is 17.0 Å². The summed E-state index contributed by atoms with van der Waals surface area (Å²) in [6.07, 6.45) is 0. The molecule has 0 spiro atoms. The van der Waals surface area contributed by atoms with Crippen molar-refractivity contribution in [1.29, 1.82) is 0 Å². The van der Waals surface area contributed by atoms with E-state index in [0.29, 0.717) is 15.8 Å². The molecule has 8 heteroatoms. The second kappa shape index (κ2) is 7.33. The van der Waals surface area contributed by atoms with Crippen molar-refractivity contribution < 1.29 is 18.9 Å². The lowest BCUT2D eigenvalue weighted by molar-refractivity contribution is -0.384. The van der Waals surface area contributed by atoms with Crippen LogP contribution in [-0.4, -0.2) is 10.9 Å². The second-order valence-corrected chi connectivity index (χ2v) is 7.24. The van der Waals surface area contributed by atoms with Gasteiger partial charge in [-0.25, -0.2) is 9.59 Å². The van der Waals surface area contributed by atoms with Crippen LogP contribution in [0.4, 0.5) is 5.69 Å². The van der Waals surface area contributed by atoms with Crippen molar-refractivity contribution >= 4 is 33.3 Å². The van der Waals surface area contributed by atoms with E-state index in [2.05, 4.69) is 0 Å². The van der Waals surface area contributed by atoms with Gasteiger partial charge >= 0.3 is 10.9 Å². The first-order chi connectivity index (χ1) is 13.9. The Kier molecular flexibility index (Phi) is 4.69. The third-order valence-electron chi connectivity index (χ3n) is 4.37. The number of esters is 1. The highest BCUT2D eigenvalue weighted by Gasteiger charge is 2.17. The number of benzene rings is 3. The molecule has 0 atom stereocenters. The van der Waals surface area contributed by atoms with E-state index >= 15 is 0 Å². The molecule has 0 amide bonds. The number of carbonyl (C=O) groups excluding carboxylic acids is 1. The van der Waals surface area contributed by atoms with Crippen LogP contribution >= 0.6 is 11.3 Å². The zero-order valence-electron chi connectivity index (χ0n) is 15.1. The second-order valence-electron chi connectivity index (χ2n) is 6.26. The van der Waals surface area contributed by atoms with Crippen molar-refractivity contribution in [3.05, 3.63) is 91.6 Å². The normalized spacial score (nSPS) is 10.8. The number of nitro benzene ring substituents is 1. The van der Waals surface area contributed by atoms with E-state index in [1.54, 1.807) is 12.1 Å². The maximum atomic E-state index is 12.5. The molecule has 0 fully saturated rings. The minimum Gasteiger partial charge on any atom is -0.423 e. The van der Waals surface area contributed by atoms with Crippen molar-refractivity contribution in [2.75, 3.05) is 0 Å². The van der Waals surface area contributed by atoms with E-state index in [1.165, 1.54) is 24.3 Å². The Morgan fingerprint density at radius 3 is 2.48 bits per heavy atom. The maximum Gasteiger partial charge on any atom is 0.396 e. The highest BCUT2D eigenvalue weighted by molar-refractivity contribution is 7.16. The molecular formula is C21H13NO6S. The Hall–Kier alpha value is -3.78. The third-order valence-corrected chi connectivity index (χ3v) is 5.14. The number of nitrogens with zero attached hydrogens (tertiary/aromatic N) is 1. The van der Waals surface area contributed by atoms with Gasteiger partial charge in [0, 0.05) is 23.8 Å². The number of non-ortho nitro benzene ring substituents is 1. The first-order valence-electron chi connectivity index (χ1n) is 8.53. The number of carbonyl (C=O) groups is 1. The average Bonchev–Trinajstić information content (AvgIpc) is 3.08. The molecule has 0 saturated carbocycles. The number of aryl methyl sites for hydroxylation is 1. The topological polar surface area (TPSA) is 99.6 Å². The summed E-state index contributed by atoms with van der Waals surface area (Å²) in [7, 11) is 0. The lowest BCUT2D eigenvalue weighted by Gasteiger charge is -2.09. The highest BCUT2D eigenvalue weighted by Crippen LogP contribution is 2.36. The number of nitro groups is 1. The summed E-state index contributed by atoms with van der Waals surface area (Å²) in [5.41, 5.74) is 2.96. The Balaban J connectivity index is 1.74. The molecule has 3 aromatic carbocycles. The number of fused-ring (bicyclic) bond motifs is 1. The molecule has 0 radical (unpaired) electrons. The predicted molar refractivity (Wildman–Crippen MR) is 109 cm³/mol. The summed E-state index contributed by atoms with van der Waals surface area (Å²) in [4.78, 5) is 34.0. The van der Waals surface area contributed by atoms with Crippen molar-refractivity contribution in [3.8, 4) is 16.9 Å². The summed E-state index contributed by atoms with van der Waals surface area (Å²) in [5, 5.41) is 10.8. The summed E-state index contributed by atoms with van der Waals surface area (Å²) < 4.78 is 11.4. The molecule has 4 aromatic rings. The molecule has 0 saturated heterocycles. The van der Waals surface area contributed by atoms with Crippen LogP contribution in [0, 0.1) is 17.0 Å². The van der Waals surface area contributed by atoms with E-state index in [4.69, 9.17) is 9.15 Å². The van der Waals surface area contributed by atoms with Crippen LogP contribution in [0.3, 0.4) is 0 Å². The van der Waals surface area contributed by atoms with Crippen molar-refractivity contribution in [2.45, 2.75) is 6.92 Å². The van der Waals surface area contributed by atoms with Crippen molar-refractivity contribution in [2.24, 2.45) is 0 Å². The monoisotopic (exact) mass is 407 g/mol. The molecule has 1 aromatic heterocycles. The Bertz CT molecular complexity index is 1300. The largest absolute Gasteiger partial charge is 0.423 e. The van der Waals surface area contributed by atoms with Gasteiger partial charge in [0.1, 0.15) is 5.75 Å². The molecular weight excluding hydrogens is 394 g/mol. The lowest BCUT2D eigenvalue weighted by Crippen LogP contribution is -2.08. The molecule has 1 heterocycles. The maximum absolute atomic E-state index is 12.5. The summed E-state index contributed by atoms with van der Waals surface area (Å²) >= 11 is 0.921. The number of hydrogen-bond acceptors (Lipinski definition) is 7. The quantitative estimate of drug-likeness (QED) is 0.205. The molecule has 144 valence electrons. The molecule has 0 aliphatic rings. The van der Waals surface area contributed by atoms with Crippen LogP contribution in [-0.2, 0) is 0 Å². The lowest BCUT2D eigenvalue weighted by atomic mass is 10.00. The zero-order valence-corrected chi connectivity index (χ0v) is 15.9. The van der Waals surface area contributed by atoms with Gasteiger partial charge in [0.15, 0.2) is 5.58 Å². The molecule has 29 heavy (non-hydrogen) atoms. The number of hydrogen-bond donors (Lipinski definition) is 0. The van der Waals surface area contributed by atoms with Crippen molar-refractivity contribution in [1.82, 2.24) is 0 Å². The van der Waals surface area contributed by atoms with Gasteiger partial charge in [0.25, 0.3) is 5.69 Å². The number of ether oxygens (including phenoxy) is 1. The number of rotatable bonds is 4. The van der Waals surface area contributed by atoms with Crippen molar-refractivity contribution in [3.63, 3.8) is 0 Å². The smallest absolute Gasteiger partial charge is 0.396 e. The summed E-state index contributed by atoms with van der Waals surface area (Å²) in [6, 6.07) is 15.9. The van der Waals surface area contributed by atoms with Crippen LogP contribution in [0.25, 0.3) is 21.4 Å².